The van der Waals surface area contributed by atoms with Crippen molar-refractivity contribution in [2.75, 3.05) is 17.0 Å². The van der Waals surface area contributed by atoms with Crippen LogP contribution in [0.2, 0.25) is 0 Å². The van der Waals surface area contributed by atoms with E-state index in [2.05, 4.69) is 10.0 Å². The van der Waals surface area contributed by atoms with E-state index in [-0.39, 0.29) is 10.8 Å². The van der Waals surface area contributed by atoms with Gasteiger partial charge in [-0.25, -0.2) is 8.42 Å². The van der Waals surface area contributed by atoms with E-state index < -0.39 is 10.0 Å². The van der Waals surface area contributed by atoms with Crippen LogP contribution in [-0.4, -0.2) is 26.6 Å². The number of anilines is 1. The molecule has 29 heavy (non-hydrogen) atoms. The fraction of sp³-hybridized carbons (Fsp3) is 0.136. The van der Waals surface area contributed by atoms with Gasteiger partial charge in [-0.05, 0) is 55.0 Å². The summed E-state index contributed by atoms with van der Waals surface area (Å²) in [5.41, 5.74) is 1.74. The molecule has 0 saturated heterocycles. The molecule has 0 radical (unpaired) electrons. The number of nitrogens with one attached hydrogen (secondary N) is 2. The number of carbonyl (C=O) groups is 1. The van der Waals surface area contributed by atoms with Gasteiger partial charge in [-0.1, -0.05) is 36.4 Å². The van der Waals surface area contributed by atoms with Crippen molar-refractivity contribution in [2.45, 2.75) is 16.7 Å². The van der Waals surface area contributed by atoms with Crippen LogP contribution in [0.15, 0.2) is 88.7 Å². The molecule has 0 aliphatic heterocycles. The minimum Gasteiger partial charge on any atom is -0.351 e. The van der Waals surface area contributed by atoms with Crippen molar-refractivity contribution in [1.29, 1.82) is 0 Å². The Balaban J connectivity index is 1.61. The molecule has 3 rings (SSSR count). The van der Waals surface area contributed by atoms with E-state index in [9.17, 15) is 13.2 Å². The van der Waals surface area contributed by atoms with Gasteiger partial charge in [0, 0.05) is 28.4 Å². The predicted octanol–water partition coefficient (Wildman–Crippen LogP) is 4.32. The molecule has 3 aromatic carbocycles. The molecule has 0 saturated carbocycles. The fourth-order valence-corrected chi connectivity index (χ4v) is 4.56. The Morgan fingerprint density at radius 1 is 0.931 bits per heavy atom. The van der Waals surface area contributed by atoms with E-state index in [0.717, 1.165) is 16.2 Å². The maximum atomic E-state index is 12.7. The second-order valence-electron chi connectivity index (χ2n) is 6.42. The Labute approximate surface area is 175 Å². The molecule has 5 nitrogen and oxygen atoms in total. The third-order valence-electron chi connectivity index (χ3n) is 4.08. The Bertz CT molecular complexity index is 1080. The maximum Gasteiger partial charge on any atom is 0.261 e. The zero-order chi connectivity index (χ0) is 20.7. The molecule has 0 fully saturated rings. The number of hydrogen-bond acceptors (Lipinski definition) is 4. The highest BCUT2D eigenvalue weighted by Crippen LogP contribution is 2.19. The summed E-state index contributed by atoms with van der Waals surface area (Å²) in [4.78, 5) is 13.6. The molecule has 1 amide bonds. The highest BCUT2D eigenvalue weighted by Gasteiger charge is 2.16. The molecule has 0 unspecified atom stereocenters. The van der Waals surface area contributed by atoms with E-state index in [0.29, 0.717) is 17.8 Å². The van der Waals surface area contributed by atoms with Gasteiger partial charge >= 0.3 is 0 Å². The first-order valence-electron chi connectivity index (χ1n) is 9.10. The SMILES string of the molecule is Cc1cccc(NS(=O)(=O)c2cccc(C(=O)NCCSc3ccccc3)c2)c1. The summed E-state index contributed by atoms with van der Waals surface area (Å²) in [5.74, 6) is 0.425. The number of hydrogen-bond donors (Lipinski definition) is 2. The molecule has 0 spiro atoms. The zero-order valence-electron chi connectivity index (χ0n) is 16.0. The van der Waals surface area contributed by atoms with Crippen LogP contribution in [0.25, 0.3) is 0 Å². The summed E-state index contributed by atoms with van der Waals surface area (Å²) in [6.07, 6.45) is 0. The molecule has 3 aromatic rings. The van der Waals surface area contributed by atoms with Gasteiger partial charge in [0.05, 0.1) is 4.90 Å². The highest BCUT2D eigenvalue weighted by atomic mass is 32.2. The van der Waals surface area contributed by atoms with E-state index in [1.165, 1.54) is 12.1 Å². The molecule has 0 aromatic heterocycles. The number of amides is 1. The van der Waals surface area contributed by atoms with Crippen LogP contribution in [0.4, 0.5) is 5.69 Å². The topological polar surface area (TPSA) is 75.3 Å². The predicted molar refractivity (Wildman–Crippen MR) is 118 cm³/mol. The largest absolute Gasteiger partial charge is 0.351 e. The van der Waals surface area contributed by atoms with Gasteiger partial charge in [0.25, 0.3) is 15.9 Å². The minimum absolute atomic E-state index is 0.0466. The summed E-state index contributed by atoms with van der Waals surface area (Å²) in [6.45, 7) is 2.37. The van der Waals surface area contributed by atoms with Crippen molar-refractivity contribution >= 4 is 33.4 Å². The lowest BCUT2D eigenvalue weighted by atomic mass is 10.2. The molecule has 7 heteroatoms. The summed E-state index contributed by atoms with van der Waals surface area (Å²) >= 11 is 1.65. The van der Waals surface area contributed by atoms with Gasteiger partial charge in [0.2, 0.25) is 0 Å². The smallest absolute Gasteiger partial charge is 0.261 e. The second-order valence-corrected chi connectivity index (χ2v) is 9.27. The lowest BCUT2D eigenvalue weighted by Gasteiger charge is -2.10. The summed E-state index contributed by atoms with van der Waals surface area (Å²) in [5, 5.41) is 2.83. The van der Waals surface area contributed by atoms with Gasteiger partial charge in [-0.15, -0.1) is 11.8 Å². The number of benzene rings is 3. The lowest BCUT2D eigenvalue weighted by Crippen LogP contribution is -2.26. The minimum atomic E-state index is -3.78. The maximum absolute atomic E-state index is 12.7. The molecular weight excluding hydrogens is 404 g/mol. The Hall–Kier alpha value is -2.77. The summed E-state index contributed by atoms with van der Waals surface area (Å²) < 4.78 is 27.9. The molecule has 150 valence electrons. The van der Waals surface area contributed by atoms with Crippen molar-refractivity contribution in [3.63, 3.8) is 0 Å². The average molecular weight is 427 g/mol. The molecule has 0 aliphatic rings. The van der Waals surface area contributed by atoms with Crippen molar-refractivity contribution < 1.29 is 13.2 Å². The first kappa shape index (κ1) is 21.0. The molecule has 2 N–H and O–H groups in total. The number of thioether (sulfide) groups is 1. The zero-order valence-corrected chi connectivity index (χ0v) is 17.6. The monoisotopic (exact) mass is 426 g/mol. The fourth-order valence-electron chi connectivity index (χ4n) is 2.68. The second kappa shape index (κ2) is 9.62. The number of sulfonamides is 1. The van der Waals surface area contributed by atoms with Crippen LogP contribution < -0.4 is 10.0 Å². The van der Waals surface area contributed by atoms with Gasteiger partial charge in [-0.3, -0.25) is 9.52 Å². The third-order valence-corrected chi connectivity index (χ3v) is 6.47. The van der Waals surface area contributed by atoms with Crippen molar-refractivity contribution in [1.82, 2.24) is 5.32 Å². The van der Waals surface area contributed by atoms with Crippen molar-refractivity contribution in [3.8, 4) is 0 Å². The first-order chi connectivity index (χ1) is 13.9. The number of aryl methyl sites for hydroxylation is 1. The van der Waals surface area contributed by atoms with Gasteiger partial charge < -0.3 is 5.32 Å². The van der Waals surface area contributed by atoms with Crippen LogP contribution in [0.5, 0.6) is 0 Å². The van der Waals surface area contributed by atoms with Crippen LogP contribution in [0.1, 0.15) is 15.9 Å². The quantitative estimate of drug-likeness (QED) is 0.416. The van der Waals surface area contributed by atoms with Crippen LogP contribution in [0, 0.1) is 6.92 Å². The van der Waals surface area contributed by atoms with E-state index in [1.54, 1.807) is 42.1 Å². The van der Waals surface area contributed by atoms with E-state index in [4.69, 9.17) is 0 Å². The lowest BCUT2D eigenvalue weighted by molar-refractivity contribution is 0.0956. The van der Waals surface area contributed by atoms with Gasteiger partial charge in [-0.2, -0.15) is 0 Å². The normalized spacial score (nSPS) is 11.1. The highest BCUT2D eigenvalue weighted by molar-refractivity contribution is 7.99. The third kappa shape index (κ3) is 6.10. The number of rotatable bonds is 8. The molecule has 0 bridgehead atoms. The van der Waals surface area contributed by atoms with Crippen LogP contribution in [0.3, 0.4) is 0 Å². The summed E-state index contributed by atoms with van der Waals surface area (Å²) in [6, 6.07) is 23.1. The Kier molecular flexibility index (Phi) is 6.95. The molecule has 0 atom stereocenters. The molecule has 0 heterocycles. The van der Waals surface area contributed by atoms with Crippen LogP contribution in [-0.2, 0) is 10.0 Å². The Morgan fingerprint density at radius 2 is 1.69 bits per heavy atom. The van der Waals surface area contributed by atoms with Gasteiger partial charge in [0.15, 0.2) is 0 Å². The van der Waals surface area contributed by atoms with Crippen molar-refractivity contribution in [2.24, 2.45) is 0 Å². The van der Waals surface area contributed by atoms with Crippen LogP contribution >= 0.6 is 11.8 Å². The first-order valence-corrected chi connectivity index (χ1v) is 11.6. The molecular formula is C22H22N2O3S2. The standard InChI is InChI=1S/C22H22N2O3S2/c1-17-7-5-9-19(15-17)24-29(26,27)21-12-6-8-18(16-21)22(25)23-13-14-28-20-10-3-2-4-11-20/h2-12,15-16,24H,13-14H2,1H3,(H,23,25). The van der Waals surface area contributed by atoms with Gasteiger partial charge in [0.1, 0.15) is 0 Å². The summed E-state index contributed by atoms with van der Waals surface area (Å²) in [7, 11) is -3.78. The van der Waals surface area contributed by atoms with E-state index >= 15 is 0 Å². The van der Waals surface area contributed by atoms with E-state index in [1.807, 2.05) is 43.3 Å². The Morgan fingerprint density at radius 3 is 2.45 bits per heavy atom. The average Bonchev–Trinajstić information content (AvgIpc) is 2.71. The number of carbonyl (C=O) groups excluding carboxylic acids is 1. The molecule has 0 aliphatic carbocycles. The van der Waals surface area contributed by atoms with Crippen molar-refractivity contribution in [3.05, 3.63) is 90.0 Å².